The molecule has 1 fully saturated rings. The average Bonchev–Trinajstić information content (AvgIpc) is 3.37. The van der Waals surface area contributed by atoms with Gasteiger partial charge in [0.05, 0.1) is 16.9 Å². The Bertz CT molecular complexity index is 1040. The molecular formula is C24H25F2N3O. The average molecular weight is 409 g/mol. The molecule has 1 saturated heterocycles. The summed E-state index contributed by atoms with van der Waals surface area (Å²) in [5, 5.41) is 2.99. The van der Waals surface area contributed by atoms with E-state index in [1.165, 1.54) is 25.0 Å². The summed E-state index contributed by atoms with van der Waals surface area (Å²) < 4.78 is 29.8. The van der Waals surface area contributed by atoms with Gasteiger partial charge in [-0.05, 0) is 56.6 Å². The lowest BCUT2D eigenvalue weighted by Gasteiger charge is -2.15. The highest BCUT2D eigenvalue weighted by molar-refractivity contribution is 5.97. The number of carbonyl (C=O) groups excluding carboxylic acids is 1. The number of nitrogens with zero attached hydrogens (tertiary/aromatic N) is 2. The van der Waals surface area contributed by atoms with Crippen molar-refractivity contribution in [3.05, 3.63) is 77.5 Å². The highest BCUT2D eigenvalue weighted by Gasteiger charge is 2.21. The van der Waals surface area contributed by atoms with Crippen LogP contribution in [0.15, 0.2) is 54.6 Å². The molecule has 4 rings (SSSR count). The molecule has 2 aromatic carbocycles. The third-order valence-corrected chi connectivity index (χ3v) is 5.62. The van der Waals surface area contributed by atoms with Crippen molar-refractivity contribution in [2.24, 2.45) is 0 Å². The maximum atomic E-state index is 14.6. The van der Waals surface area contributed by atoms with Crippen LogP contribution in [0.5, 0.6) is 0 Å². The lowest BCUT2D eigenvalue weighted by atomic mass is 10.1. The first-order valence-electron chi connectivity index (χ1n) is 10.3. The van der Waals surface area contributed by atoms with Gasteiger partial charge in [0.2, 0.25) is 0 Å². The molecule has 4 nitrogen and oxygen atoms in total. The second-order valence-electron chi connectivity index (χ2n) is 7.63. The Morgan fingerprint density at radius 3 is 2.47 bits per heavy atom. The van der Waals surface area contributed by atoms with E-state index in [-0.39, 0.29) is 11.6 Å². The second-order valence-corrected chi connectivity index (χ2v) is 7.63. The number of amides is 1. The van der Waals surface area contributed by atoms with Gasteiger partial charge in [-0.25, -0.2) is 8.78 Å². The molecule has 1 aromatic heterocycles. The van der Waals surface area contributed by atoms with Crippen LogP contribution in [0.2, 0.25) is 0 Å². The van der Waals surface area contributed by atoms with Crippen LogP contribution in [-0.2, 0) is 0 Å². The van der Waals surface area contributed by atoms with Crippen molar-refractivity contribution in [1.29, 1.82) is 0 Å². The van der Waals surface area contributed by atoms with Crippen LogP contribution in [0.25, 0.3) is 16.9 Å². The van der Waals surface area contributed by atoms with Gasteiger partial charge in [-0.1, -0.05) is 30.3 Å². The fourth-order valence-corrected chi connectivity index (χ4v) is 4.06. The number of halogens is 2. The monoisotopic (exact) mass is 409 g/mol. The Morgan fingerprint density at radius 1 is 1.03 bits per heavy atom. The van der Waals surface area contributed by atoms with E-state index in [0.717, 1.165) is 31.3 Å². The minimum absolute atomic E-state index is 0.190. The van der Waals surface area contributed by atoms with Crippen molar-refractivity contribution in [3.63, 3.8) is 0 Å². The van der Waals surface area contributed by atoms with Crippen LogP contribution in [-0.4, -0.2) is 41.6 Å². The van der Waals surface area contributed by atoms with Gasteiger partial charge in [0.25, 0.3) is 5.91 Å². The normalized spacial score (nSPS) is 14.2. The molecule has 0 spiro atoms. The molecule has 1 amide bonds. The standard InChI is InChI=1S/C24H25F2N3O/c1-17-20(24(30)27-11-14-28-12-5-6-13-28)16-23(18-7-3-2-4-8-18)29(17)22-10-9-19(25)15-21(22)26/h2-4,7-10,15-16H,5-6,11-14H2,1H3,(H,27,30). The van der Waals surface area contributed by atoms with Crippen molar-refractivity contribution < 1.29 is 13.6 Å². The molecule has 0 unspecified atom stereocenters. The molecule has 3 aromatic rings. The molecule has 0 saturated carbocycles. The summed E-state index contributed by atoms with van der Waals surface area (Å²) in [6, 6.07) is 14.7. The summed E-state index contributed by atoms with van der Waals surface area (Å²) in [4.78, 5) is 15.2. The van der Waals surface area contributed by atoms with Crippen molar-refractivity contribution in [2.75, 3.05) is 26.2 Å². The number of hydrogen-bond donors (Lipinski definition) is 1. The minimum Gasteiger partial charge on any atom is -0.351 e. The molecule has 1 aliphatic heterocycles. The molecule has 0 radical (unpaired) electrons. The van der Waals surface area contributed by atoms with Gasteiger partial charge in [-0.2, -0.15) is 0 Å². The van der Waals surface area contributed by atoms with Crippen LogP contribution in [0.1, 0.15) is 28.9 Å². The number of carbonyl (C=O) groups is 1. The van der Waals surface area contributed by atoms with Crippen LogP contribution >= 0.6 is 0 Å². The molecule has 0 bridgehead atoms. The van der Waals surface area contributed by atoms with Crippen LogP contribution in [0.3, 0.4) is 0 Å². The summed E-state index contributed by atoms with van der Waals surface area (Å²) in [6.45, 7) is 5.32. The fourth-order valence-electron chi connectivity index (χ4n) is 4.06. The summed E-state index contributed by atoms with van der Waals surface area (Å²) in [7, 11) is 0. The van der Waals surface area contributed by atoms with E-state index in [4.69, 9.17) is 0 Å². The lowest BCUT2D eigenvalue weighted by Crippen LogP contribution is -2.33. The number of hydrogen-bond acceptors (Lipinski definition) is 2. The van der Waals surface area contributed by atoms with Gasteiger partial charge in [-0.3, -0.25) is 4.79 Å². The maximum Gasteiger partial charge on any atom is 0.253 e. The predicted molar refractivity (Wildman–Crippen MR) is 114 cm³/mol. The maximum absolute atomic E-state index is 14.6. The first kappa shape index (κ1) is 20.3. The smallest absolute Gasteiger partial charge is 0.253 e. The lowest BCUT2D eigenvalue weighted by molar-refractivity contribution is 0.0949. The molecule has 1 aliphatic rings. The SMILES string of the molecule is Cc1c(C(=O)NCCN2CCCC2)cc(-c2ccccc2)n1-c1ccc(F)cc1F. The first-order chi connectivity index (χ1) is 14.5. The van der Waals surface area contributed by atoms with Gasteiger partial charge in [0, 0.05) is 24.8 Å². The zero-order chi connectivity index (χ0) is 21.1. The predicted octanol–water partition coefficient (Wildman–Crippen LogP) is 4.56. The quantitative estimate of drug-likeness (QED) is 0.648. The second kappa shape index (κ2) is 8.79. The number of benzene rings is 2. The fraction of sp³-hybridized carbons (Fsp3) is 0.292. The number of nitrogens with one attached hydrogen (secondary N) is 1. The van der Waals surface area contributed by atoms with Crippen molar-refractivity contribution >= 4 is 5.91 Å². The highest BCUT2D eigenvalue weighted by atomic mass is 19.1. The number of rotatable bonds is 6. The molecule has 0 atom stereocenters. The summed E-state index contributed by atoms with van der Waals surface area (Å²) in [5.74, 6) is -1.50. The summed E-state index contributed by atoms with van der Waals surface area (Å²) in [5.41, 5.74) is 2.84. The number of likely N-dealkylation sites (tertiary alicyclic amines) is 1. The van der Waals surface area contributed by atoms with Crippen molar-refractivity contribution in [1.82, 2.24) is 14.8 Å². The molecule has 1 N–H and O–H groups in total. The largest absolute Gasteiger partial charge is 0.351 e. The van der Waals surface area contributed by atoms with Gasteiger partial charge >= 0.3 is 0 Å². The first-order valence-corrected chi connectivity index (χ1v) is 10.3. The molecule has 6 heteroatoms. The van der Waals surface area contributed by atoms with E-state index in [2.05, 4.69) is 10.2 Å². The minimum atomic E-state index is -0.674. The number of aromatic nitrogens is 1. The Morgan fingerprint density at radius 2 is 1.77 bits per heavy atom. The third-order valence-electron chi connectivity index (χ3n) is 5.62. The van der Waals surface area contributed by atoms with E-state index in [1.807, 2.05) is 30.3 Å². The summed E-state index contributed by atoms with van der Waals surface area (Å²) >= 11 is 0. The van der Waals surface area contributed by atoms with Crippen molar-refractivity contribution in [2.45, 2.75) is 19.8 Å². The zero-order valence-corrected chi connectivity index (χ0v) is 17.0. The zero-order valence-electron chi connectivity index (χ0n) is 17.0. The highest BCUT2D eigenvalue weighted by Crippen LogP contribution is 2.30. The Labute approximate surface area is 175 Å². The van der Waals surface area contributed by atoms with Crippen LogP contribution in [0, 0.1) is 18.6 Å². The molecule has 0 aliphatic carbocycles. The Kier molecular flexibility index (Phi) is 5.95. The van der Waals surface area contributed by atoms with Gasteiger partial charge in [0.1, 0.15) is 11.6 Å². The molecule has 30 heavy (non-hydrogen) atoms. The van der Waals surface area contributed by atoms with E-state index in [0.29, 0.717) is 23.5 Å². The van der Waals surface area contributed by atoms with E-state index < -0.39 is 11.6 Å². The molecule has 156 valence electrons. The van der Waals surface area contributed by atoms with Gasteiger partial charge in [0.15, 0.2) is 0 Å². The van der Waals surface area contributed by atoms with E-state index in [9.17, 15) is 13.6 Å². The van der Waals surface area contributed by atoms with Crippen LogP contribution in [0.4, 0.5) is 8.78 Å². The van der Waals surface area contributed by atoms with Crippen LogP contribution < -0.4 is 5.32 Å². The van der Waals surface area contributed by atoms with Crippen molar-refractivity contribution in [3.8, 4) is 16.9 Å². The van der Waals surface area contributed by atoms with Gasteiger partial charge < -0.3 is 14.8 Å². The summed E-state index contributed by atoms with van der Waals surface area (Å²) in [6.07, 6.45) is 2.42. The van der Waals surface area contributed by atoms with E-state index >= 15 is 0 Å². The van der Waals surface area contributed by atoms with E-state index in [1.54, 1.807) is 17.6 Å². The molecular weight excluding hydrogens is 384 g/mol. The Balaban J connectivity index is 1.68. The Hall–Kier alpha value is -2.99. The topological polar surface area (TPSA) is 37.3 Å². The third kappa shape index (κ3) is 4.14. The molecule has 2 heterocycles. The van der Waals surface area contributed by atoms with Gasteiger partial charge in [-0.15, -0.1) is 0 Å².